The molecule has 0 aliphatic heterocycles. The Morgan fingerprint density at radius 1 is 1.41 bits per heavy atom. The molecule has 17 heavy (non-hydrogen) atoms. The summed E-state index contributed by atoms with van der Waals surface area (Å²) in [7, 11) is 1.73. The summed E-state index contributed by atoms with van der Waals surface area (Å²) in [6.45, 7) is 6.89. The number of rotatable bonds is 9. The Labute approximate surface area is 104 Å². The van der Waals surface area contributed by atoms with E-state index in [2.05, 4.69) is 24.5 Å². The lowest BCUT2D eigenvalue weighted by Gasteiger charge is -2.24. The number of hydrogen-bond donors (Lipinski definition) is 2. The van der Waals surface area contributed by atoms with Crippen LogP contribution in [0.4, 0.5) is 0 Å². The van der Waals surface area contributed by atoms with Gasteiger partial charge < -0.3 is 15.4 Å². The Morgan fingerprint density at radius 3 is 2.71 bits per heavy atom. The number of carbonyl (C=O) groups excluding carboxylic acids is 1. The van der Waals surface area contributed by atoms with Crippen LogP contribution in [0.2, 0.25) is 0 Å². The first-order chi connectivity index (χ1) is 8.03. The fraction of sp³-hybridized carbons (Fsp3) is 0.923. The first kappa shape index (κ1) is 14.5. The van der Waals surface area contributed by atoms with Gasteiger partial charge in [-0.2, -0.15) is 0 Å². The number of carbonyl (C=O) groups is 1. The molecule has 0 aromatic rings. The van der Waals surface area contributed by atoms with Gasteiger partial charge in [0, 0.05) is 39.3 Å². The number of hydrogen-bond acceptors (Lipinski definition) is 3. The average Bonchev–Trinajstić information content (AvgIpc) is 3.06. The highest BCUT2D eigenvalue weighted by atomic mass is 16.5. The van der Waals surface area contributed by atoms with Gasteiger partial charge >= 0.3 is 0 Å². The lowest BCUT2D eigenvalue weighted by atomic mass is 9.90. The Balaban J connectivity index is 1.99. The fourth-order valence-corrected chi connectivity index (χ4v) is 1.62. The zero-order valence-electron chi connectivity index (χ0n) is 11.3. The Morgan fingerprint density at radius 2 is 2.12 bits per heavy atom. The van der Waals surface area contributed by atoms with E-state index in [4.69, 9.17) is 4.74 Å². The summed E-state index contributed by atoms with van der Waals surface area (Å²) in [5.74, 6) is 0.176. The van der Waals surface area contributed by atoms with Gasteiger partial charge in [0.2, 0.25) is 5.91 Å². The molecule has 4 nitrogen and oxygen atoms in total. The van der Waals surface area contributed by atoms with E-state index in [1.54, 1.807) is 7.11 Å². The highest BCUT2D eigenvalue weighted by Gasteiger charge is 2.23. The summed E-state index contributed by atoms with van der Waals surface area (Å²) in [5, 5.41) is 6.33. The maximum atomic E-state index is 11.4. The molecule has 0 atom stereocenters. The van der Waals surface area contributed by atoms with Gasteiger partial charge in [0.05, 0.1) is 0 Å². The van der Waals surface area contributed by atoms with Gasteiger partial charge in [-0.15, -0.1) is 0 Å². The lowest BCUT2D eigenvalue weighted by Crippen LogP contribution is -2.34. The van der Waals surface area contributed by atoms with Crippen molar-refractivity contribution < 1.29 is 9.53 Å². The smallest absolute Gasteiger partial charge is 0.221 e. The number of nitrogens with one attached hydrogen (secondary N) is 2. The normalized spacial score (nSPS) is 15.9. The van der Waals surface area contributed by atoms with Crippen LogP contribution in [0.3, 0.4) is 0 Å². The first-order valence-electron chi connectivity index (χ1n) is 6.52. The topological polar surface area (TPSA) is 50.4 Å². The molecule has 1 aliphatic carbocycles. The monoisotopic (exact) mass is 242 g/mol. The Bertz CT molecular complexity index is 238. The third-order valence-corrected chi connectivity index (χ3v) is 3.06. The quantitative estimate of drug-likeness (QED) is 0.599. The predicted molar refractivity (Wildman–Crippen MR) is 68.9 cm³/mol. The van der Waals surface area contributed by atoms with E-state index in [-0.39, 0.29) is 11.3 Å². The molecule has 0 spiro atoms. The van der Waals surface area contributed by atoms with Crippen molar-refractivity contribution in [2.75, 3.05) is 26.8 Å². The minimum atomic E-state index is 0.176. The van der Waals surface area contributed by atoms with Crippen molar-refractivity contribution in [1.82, 2.24) is 10.6 Å². The van der Waals surface area contributed by atoms with Crippen LogP contribution in [0.25, 0.3) is 0 Å². The largest absolute Gasteiger partial charge is 0.385 e. The number of ether oxygens (including phenoxy) is 1. The molecular weight excluding hydrogens is 216 g/mol. The van der Waals surface area contributed by atoms with Gasteiger partial charge in [0.25, 0.3) is 0 Å². The summed E-state index contributed by atoms with van der Waals surface area (Å²) in [6.07, 6.45) is 3.92. The summed E-state index contributed by atoms with van der Waals surface area (Å²) in [6, 6.07) is 0.473. The number of methoxy groups -OCH3 is 1. The third-order valence-electron chi connectivity index (χ3n) is 3.06. The number of amides is 1. The van der Waals surface area contributed by atoms with Crippen LogP contribution >= 0.6 is 0 Å². The average molecular weight is 242 g/mol. The minimum Gasteiger partial charge on any atom is -0.385 e. The van der Waals surface area contributed by atoms with Crippen molar-refractivity contribution in [3.05, 3.63) is 0 Å². The van der Waals surface area contributed by atoms with Crippen LogP contribution in [-0.2, 0) is 9.53 Å². The zero-order chi connectivity index (χ0) is 12.7. The van der Waals surface area contributed by atoms with Gasteiger partial charge in [-0.3, -0.25) is 4.79 Å². The maximum Gasteiger partial charge on any atom is 0.221 e. The second-order valence-electron chi connectivity index (χ2n) is 5.68. The van der Waals surface area contributed by atoms with E-state index in [1.165, 1.54) is 0 Å². The van der Waals surface area contributed by atoms with E-state index in [0.717, 1.165) is 39.0 Å². The SMILES string of the molecule is COCCC(C)(C)CNCCC(=O)NC1CC1. The molecule has 1 aliphatic rings. The van der Waals surface area contributed by atoms with Crippen molar-refractivity contribution in [2.24, 2.45) is 5.41 Å². The van der Waals surface area contributed by atoms with Crippen LogP contribution in [0.5, 0.6) is 0 Å². The van der Waals surface area contributed by atoms with Crippen LogP contribution in [0.15, 0.2) is 0 Å². The molecule has 4 heteroatoms. The standard InChI is InChI=1S/C13H26N2O2/c1-13(2,7-9-17-3)10-14-8-6-12(16)15-11-4-5-11/h11,14H,4-10H2,1-3H3,(H,15,16). The van der Waals surface area contributed by atoms with Gasteiger partial charge in [-0.25, -0.2) is 0 Å². The molecule has 0 aromatic carbocycles. The molecular formula is C13H26N2O2. The van der Waals surface area contributed by atoms with Crippen molar-refractivity contribution >= 4 is 5.91 Å². The molecule has 0 saturated heterocycles. The second kappa shape index (κ2) is 6.97. The molecule has 1 rings (SSSR count). The first-order valence-corrected chi connectivity index (χ1v) is 6.52. The minimum absolute atomic E-state index is 0.176. The van der Waals surface area contributed by atoms with E-state index < -0.39 is 0 Å². The highest BCUT2D eigenvalue weighted by molar-refractivity contribution is 5.76. The van der Waals surface area contributed by atoms with Crippen LogP contribution < -0.4 is 10.6 Å². The second-order valence-corrected chi connectivity index (χ2v) is 5.68. The Kier molecular flexibility index (Phi) is 5.92. The van der Waals surface area contributed by atoms with Crippen LogP contribution in [0, 0.1) is 5.41 Å². The fourth-order valence-electron chi connectivity index (χ4n) is 1.62. The van der Waals surface area contributed by atoms with E-state index in [1.807, 2.05) is 0 Å². The van der Waals surface area contributed by atoms with Gasteiger partial charge in [-0.1, -0.05) is 13.8 Å². The highest BCUT2D eigenvalue weighted by Crippen LogP contribution is 2.19. The van der Waals surface area contributed by atoms with Gasteiger partial charge in [-0.05, 0) is 24.7 Å². The van der Waals surface area contributed by atoms with E-state index in [0.29, 0.717) is 12.5 Å². The van der Waals surface area contributed by atoms with Crippen LogP contribution in [0.1, 0.15) is 39.5 Å². The van der Waals surface area contributed by atoms with Crippen molar-refractivity contribution in [3.63, 3.8) is 0 Å². The molecule has 0 aromatic heterocycles. The molecule has 0 radical (unpaired) electrons. The Hall–Kier alpha value is -0.610. The van der Waals surface area contributed by atoms with E-state index >= 15 is 0 Å². The summed E-state index contributed by atoms with van der Waals surface area (Å²) < 4.78 is 5.08. The molecule has 1 saturated carbocycles. The maximum absolute atomic E-state index is 11.4. The van der Waals surface area contributed by atoms with Crippen molar-refractivity contribution in [3.8, 4) is 0 Å². The molecule has 0 unspecified atom stereocenters. The van der Waals surface area contributed by atoms with E-state index in [9.17, 15) is 4.79 Å². The van der Waals surface area contributed by atoms with Crippen LogP contribution in [-0.4, -0.2) is 38.8 Å². The molecule has 2 N–H and O–H groups in total. The summed E-state index contributed by atoms with van der Waals surface area (Å²) >= 11 is 0. The summed E-state index contributed by atoms with van der Waals surface area (Å²) in [4.78, 5) is 11.4. The van der Waals surface area contributed by atoms with Gasteiger partial charge in [0.1, 0.15) is 0 Å². The van der Waals surface area contributed by atoms with Crippen molar-refractivity contribution in [2.45, 2.75) is 45.6 Å². The molecule has 0 bridgehead atoms. The third kappa shape index (κ3) is 7.34. The lowest BCUT2D eigenvalue weighted by molar-refractivity contribution is -0.121. The summed E-state index contributed by atoms with van der Waals surface area (Å²) in [5.41, 5.74) is 0.225. The molecule has 100 valence electrons. The molecule has 1 amide bonds. The van der Waals surface area contributed by atoms with Gasteiger partial charge in [0.15, 0.2) is 0 Å². The molecule has 0 heterocycles. The predicted octanol–water partition coefficient (Wildman–Crippen LogP) is 1.31. The van der Waals surface area contributed by atoms with Crippen molar-refractivity contribution in [1.29, 1.82) is 0 Å². The molecule has 1 fully saturated rings. The zero-order valence-corrected chi connectivity index (χ0v) is 11.3.